The Morgan fingerprint density at radius 1 is 1.47 bits per heavy atom. The van der Waals surface area contributed by atoms with Gasteiger partial charge in [0.1, 0.15) is 12.4 Å². The third kappa shape index (κ3) is 2.53. The molecule has 1 heterocycles. The molecule has 0 spiro atoms. The summed E-state index contributed by atoms with van der Waals surface area (Å²) in [6.45, 7) is 0.0926. The molecule has 5 nitrogen and oxygen atoms in total. The Hall–Kier alpha value is -1.27. The molecule has 1 N–H and O–H groups in total. The molecule has 1 aliphatic heterocycles. The third-order valence-electron chi connectivity index (χ3n) is 2.57. The van der Waals surface area contributed by atoms with Crippen LogP contribution in [0.15, 0.2) is 23.1 Å². The zero-order valence-corrected chi connectivity index (χ0v) is 10.2. The molecule has 0 bridgehead atoms. The predicted octanol–water partition coefficient (Wildman–Crippen LogP) is 1.25. The van der Waals surface area contributed by atoms with E-state index in [9.17, 15) is 13.2 Å². The fourth-order valence-electron chi connectivity index (χ4n) is 1.68. The second kappa shape index (κ2) is 4.19. The first-order valence-electron chi connectivity index (χ1n) is 4.81. The largest absolute Gasteiger partial charge is 0.492 e. The molecule has 0 radical (unpaired) electrons. The Balaban J connectivity index is 2.39. The normalized spacial score (nSPS) is 19.2. The molecule has 0 saturated heterocycles. The van der Waals surface area contributed by atoms with Crippen molar-refractivity contribution < 1.29 is 23.1 Å². The third-order valence-corrected chi connectivity index (χ3v) is 3.92. The lowest BCUT2D eigenvalue weighted by Gasteiger charge is -2.22. The maximum atomic E-state index is 11.1. The summed E-state index contributed by atoms with van der Waals surface area (Å²) in [4.78, 5) is 10.8. The van der Waals surface area contributed by atoms with Gasteiger partial charge in [-0.1, -0.05) is 0 Å². The van der Waals surface area contributed by atoms with Crippen LogP contribution in [0.3, 0.4) is 0 Å². The molecule has 0 saturated carbocycles. The number of hydrogen-bond donors (Lipinski definition) is 1. The number of rotatable bonds is 2. The minimum atomic E-state index is -3.80. The van der Waals surface area contributed by atoms with Crippen molar-refractivity contribution in [3.8, 4) is 5.75 Å². The number of aliphatic carboxylic acids is 1. The van der Waals surface area contributed by atoms with Gasteiger partial charge in [-0.05, 0) is 30.2 Å². The summed E-state index contributed by atoms with van der Waals surface area (Å²) in [6, 6.07) is 4.18. The highest BCUT2D eigenvalue weighted by Gasteiger charge is 2.26. The molecular weight excluding hydrogens is 268 g/mol. The zero-order valence-electron chi connectivity index (χ0n) is 8.59. The van der Waals surface area contributed by atoms with Gasteiger partial charge in [-0.3, -0.25) is 4.79 Å². The van der Waals surface area contributed by atoms with Gasteiger partial charge in [0.2, 0.25) is 0 Å². The lowest BCUT2D eigenvalue weighted by Crippen LogP contribution is -2.27. The monoisotopic (exact) mass is 276 g/mol. The first-order chi connectivity index (χ1) is 7.88. The number of carboxylic acid groups (broad SMARTS) is 1. The Morgan fingerprint density at radius 3 is 2.76 bits per heavy atom. The molecule has 1 aromatic rings. The van der Waals surface area contributed by atoms with E-state index in [-0.39, 0.29) is 17.9 Å². The summed E-state index contributed by atoms with van der Waals surface area (Å²) < 4.78 is 27.5. The Kier molecular flexibility index (Phi) is 3.01. The van der Waals surface area contributed by atoms with E-state index in [1.807, 2.05) is 0 Å². The number of ether oxygens (including phenoxy) is 1. The van der Waals surface area contributed by atoms with Crippen LogP contribution in [0.25, 0.3) is 0 Å². The number of hydrogen-bond acceptors (Lipinski definition) is 4. The van der Waals surface area contributed by atoms with Crippen molar-refractivity contribution in [2.75, 3.05) is 6.61 Å². The standard InChI is InChI=1S/C10H9ClO5S/c11-17(14,15)8-1-2-9-6(4-8)3-7(5-16-9)10(12)13/h1-2,4,7H,3,5H2,(H,12,13). The number of benzene rings is 1. The maximum Gasteiger partial charge on any atom is 0.310 e. The molecule has 0 aromatic heterocycles. The maximum absolute atomic E-state index is 11.1. The van der Waals surface area contributed by atoms with E-state index in [0.717, 1.165) is 0 Å². The summed E-state index contributed by atoms with van der Waals surface area (Å²) in [5.41, 5.74) is 0.547. The second-order valence-corrected chi connectivity index (χ2v) is 6.32. The minimum absolute atomic E-state index is 0.0486. The van der Waals surface area contributed by atoms with Crippen LogP contribution in [0.1, 0.15) is 5.56 Å². The smallest absolute Gasteiger partial charge is 0.310 e. The SMILES string of the molecule is O=C(O)C1COc2ccc(S(=O)(=O)Cl)cc2C1. The van der Waals surface area contributed by atoms with Gasteiger partial charge < -0.3 is 9.84 Å². The lowest BCUT2D eigenvalue weighted by atomic mass is 9.97. The van der Waals surface area contributed by atoms with Crippen LogP contribution in [-0.4, -0.2) is 26.1 Å². The van der Waals surface area contributed by atoms with Crippen molar-refractivity contribution in [1.29, 1.82) is 0 Å². The predicted molar refractivity (Wildman–Crippen MR) is 59.8 cm³/mol. The first-order valence-corrected chi connectivity index (χ1v) is 7.12. The van der Waals surface area contributed by atoms with Crippen molar-refractivity contribution >= 4 is 25.7 Å². The Morgan fingerprint density at radius 2 is 2.18 bits per heavy atom. The number of carbonyl (C=O) groups is 1. The van der Waals surface area contributed by atoms with Gasteiger partial charge in [0, 0.05) is 10.7 Å². The molecule has 1 aliphatic rings. The first kappa shape index (κ1) is 12.2. The summed E-state index contributed by atoms with van der Waals surface area (Å²) in [7, 11) is 1.41. The van der Waals surface area contributed by atoms with Gasteiger partial charge in [-0.25, -0.2) is 8.42 Å². The highest BCUT2D eigenvalue weighted by atomic mass is 35.7. The van der Waals surface area contributed by atoms with Crippen molar-refractivity contribution in [1.82, 2.24) is 0 Å². The van der Waals surface area contributed by atoms with Crippen LogP contribution >= 0.6 is 10.7 Å². The van der Waals surface area contributed by atoms with Crippen molar-refractivity contribution in [2.24, 2.45) is 5.92 Å². The van der Waals surface area contributed by atoms with Gasteiger partial charge in [0.05, 0.1) is 10.8 Å². The molecule has 0 amide bonds. The highest BCUT2D eigenvalue weighted by Crippen LogP contribution is 2.30. The van der Waals surface area contributed by atoms with Crippen LogP contribution in [0.4, 0.5) is 0 Å². The average Bonchev–Trinajstić information content (AvgIpc) is 2.26. The second-order valence-electron chi connectivity index (χ2n) is 3.76. The minimum Gasteiger partial charge on any atom is -0.492 e. The van der Waals surface area contributed by atoms with E-state index in [2.05, 4.69) is 0 Å². The molecule has 1 atom stereocenters. The summed E-state index contributed by atoms with van der Waals surface area (Å²) >= 11 is 0. The molecule has 0 aliphatic carbocycles. The van der Waals surface area contributed by atoms with Crippen molar-refractivity contribution in [2.45, 2.75) is 11.3 Å². The molecule has 2 rings (SSSR count). The molecule has 92 valence electrons. The molecule has 1 aromatic carbocycles. The van der Waals surface area contributed by atoms with Crippen LogP contribution < -0.4 is 4.74 Å². The number of fused-ring (bicyclic) bond motifs is 1. The van der Waals surface area contributed by atoms with E-state index in [1.54, 1.807) is 0 Å². The van der Waals surface area contributed by atoms with Gasteiger partial charge in [0.25, 0.3) is 9.05 Å². The summed E-state index contributed by atoms with van der Waals surface area (Å²) in [5.74, 6) is -1.11. The van der Waals surface area contributed by atoms with Crippen LogP contribution in [0, 0.1) is 5.92 Å². The van der Waals surface area contributed by atoms with E-state index in [4.69, 9.17) is 20.5 Å². The molecular formula is C10H9ClO5S. The van der Waals surface area contributed by atoms with Crippen LogP contribution in [-0.2, 0) is 20.3 Å². The van der Waals surface area contributed by atoms with Gasteiger partial charge in [0.15, 0.2) is 0 Å². The summed E-state index contributed by atoms with van der Waals surface area (Å²) in [6.07, 6.45) is 0.241. The molecule has 7 heteroatoms. The van der Waals surface area contributed by atoms with Gasteiger partial charge in [-0.15, -0.1) is 0 Å². The van der Waals surface area contributed by atoms with Gasteiger partial charge in [-0.2, -0.15) is 0 Å². The van der Waals surface area contributed by atoms with Crippen LogP contribution in [0.5, 0.6) is 5.75 Å². The highest BCUT2D eigenvalue weighted by molar-refractivity contribution is 8.13. The fourth-order valence-corrected chi connectivity index (χ4v) is 2.48. The van der Waals surface area contributed by atoms with Crippen molar-refractivity contribution in [3.63, 3.8) is 0 Å². The van der Waals surface area contributed by atoms with E-state index < -0.39 is 20.9 Å². The van der Waals surface area contributed by atoms with E-state index in [1.165, 1.54) is 18.2 Å². The van der Waals surface area contributed by atoms with Crippen LogP contribution in [0.2, 0.25) is 0 Å². The topological polar surface area (TPSA) is 80.7 Å². The average molecular weight is 277 g/mol. The quantitative estimate of drug-likeness (QED) is 0.822. The lowest BCUT2D eigenvalue weighted by molar-refractivity contribution is -0.143. The molecule has 0 fully saturated rings. The Bertz CT molecular complexity index is 566. The van der Waals surface area contributed by atoms with Gasteiger partial charge >= 0.3 is 5.97 Å². The van der Waals surface area contributed by atoms with E-state index in [0.29, 0.717) is 11.3 Å². The van der Waals surface area contributed by atoms with Crippen molar-refractivity contribution in [3.05, 3.63) is 23.8 Å². The molecule has 1 unspecified atom stereocenters. The fraction of sp³-hybridized carbons (Fsp3) is 0.300. The molecule has 17 heavy (non-hydrogen) atoms. The number of carboxylic acids is 1. The van der Waals surface area contributed by atoms with E-state index >= 15 is 0 Å². The zero-order chi connectivity index (χ0) is 12.6. The number of halogens is 1. The summed E-state index contributed by atoms with van der Waals surface area (Å²) in [5, 5.41) is 8.87. The Labute approximate surface area is 102 Å².